The lowest BCUT2D eigenvalue weighted by atomic mass is 9.78. The maximum atomic E-state index is 14.0. The smallest absolute Gasteiger partial charge is 0.238 e. The van der Waals surface area contributed by atoms with Crippen molar-refractivity contribution in [2.24, 2.45) is 0 Å². The molecule has 1 fully saturated rings. The molecule has 1 heterocycles. The van der Waals surface area contributed by atoms with Gasteiger partial charge in [-0.05, 0) is 68.7 Å². The van der Waals surface area contributed by atoms with Gasteiger partial charge in [-0.2, -0.15) is 0 Å². The lowest BCUT2D eigenvalue weighted by molar-refractivity contribution is -0.279. The predicted molar refractivity (Wildman–Crippen MR) is 168 cm³/mol. The zero-order valence-corrected chi connectivity index (χ0v) is 25.9. The van der Waals surface area contributed by atoms with E-state index in [0.717, 1.165) is 22.3 Å². The number of hydrogen-bond donors (Lipinski definition) is 3. The van der Waals surface area contributed by atoms with Crippen molar-refractivity contribution < 1.29 is 24.9 Å². The summed E-state index contributed by atoms with van der Waals surface area (Å²) < 4.78 is 0. The minimum Gasteiger partial charge on any atom is -0.530 e. The van der Waals surface area contributed by atoms with Crippen molar-refractivity contribution in [2.45, 2.75) is 88.2 Å². The minimum absolute atomic E-state index is 0.174. The predicted octanol–water partition coefficient (Wildman–Crippen LogP) is 3.25. The molecule has 0 unspecified atom stereocenters. The van der Waals surface area contributed by atoms with Crippen molar-refractivity contribution >= 4 is 12.0 Å². The second-order valence-corrected chi connectivity index (χ2v) is 13.3. The molecule has 2 aliphatic rings. The summed E-state index contributed by atoms with van der Waals surface area (Å²) in [6.45, 7) is 6.25. The van der Waals surface area contributed by atoms with Gasteiger partial charge in [0.25, 0.3) is 0 Å². The van der Waals surface area contributed by atoms with Crippen LogP contribution in [0.2, 0.25) is 0 Å². The normalized spacial score (nSPS) is 21.2. The highest BCUT2D eigenvalue weighted by molar-refractivity contribution is 5.83. The Morgan fingerprint density at radius 1 is 0.932 bits per heavy atom. The number of aliphatic hydroxyl groups is 2. The van der Waals surface area contributed by atoms with E-state index in [1.165, 1.54) is 4.90 Å². The SMILES string of the molecule is CC(C)(C)N(C(=O)[O-])[C@@H](Cc1ccccc1)C1(O)CCN([C@@H](Cc2ccccc2)C(=O)N[C@H]2c3ccccc3C[C@H]2O)CC1. The van der Waals surface area contributed by atoms with Gasteiger partial charge in [0.2, 0.25) is 5.91 Å². The second kappa shape index (κ2) is 13.1. The molecule has 2 amide bonds. The number of aliphatic hydroxyl groups excluding tert-OH is 1. The van der Waals surface area contributed by atoms with E-state index in [1.54, 1.807) is 0 Å². The maximum absolute atomic E-state index is 14.0. The molecule has 3 aromatic rings. The van der Waals surface area contributed by atoms with Gasteiger partial charge >= 0.3 is 0 Å². The zero-order chi connectivity index (χ0) is 31.5. The van der Waals surface area contributed by atoms with E-state index in [-0.39, 0.29) is 18.7 Å². The molecule has 5 rings (SSSR count). The third kappa shape index (κ3) is 6.98. The summed E-state index contributed by atoms with van der Waals surface area (Å²) in [6.07, 6.45) is -0.133. The van der Waals surface area contributed by atoms with E-state index in [1.807, 2.05) is 106 Å². The van der Waals surface area contributed by atoms with E-state index in [4.69, 9.17) is 0 Å². The Morgan fingerprint density at radius 3 is 2.05 bits per heavy atom. The van der Waals surface area contributed by atoms with Crippen LogP contribution in [0.3, 0.4) is 0 Å². The van der Waals surface area contributed by atoms with Gasteiger partial charge in [0, 0.05) is 25.0 Å². The maximum Gasteiger partial charge on any atom is 0.238 e. The lowest BCUT2D eigenvalue weighted by Gasteiger charge is -2.53. The van der Waals surface area contributed by atoms with Crippen molar-refractivity contribution in [3.05, 3.63) is 107 Å². The van der Waals surface area contributed by atoms with Crippen LogP contribution in [-0.2, 0) is 24.1 Å². The molecule has 1 aliphatic carbocycles. The number of carboxylic acid groups (broad SMARTS) is 1. The molecular formula is C36H44N3O5-. The van der Waals surface area contributed by atoms with Gasteiger partial charge in [0.15, 0.2) is 0 Å². The third-order valence-corrected chi connectivity index (χ3v) is 9.30. The molecule has 1 aliphatic heterocycles. The fourth-order valence-corrected chi connectivity index (χ4v) is 7.01. The van der Waals surface area contributed by atoms with Crippen LogP contribution < -0.4 is 10.4 Å². The van der Waals surface area contributed by atoms with E-state index in [2.05, 4.69) is 10.2 Å². The van der Waals surface area contributed by atoms with E-state index in [0.29, 0.717) is 32.4 Å². The van der Waals surface area contributed by atoms with Crippen molar-refractivity contribution in [3.63, 3.8) is 0 Å². The second-order valence-electron chi connectivity index (χ2n) is 13.3. The average Bonchev–Trinajstić information content (AvgIpc) is 3.30. The summed E-state index contributed by atoms with van der Waals surface area (Å²) in [4.78, 5) is 29.9. The number of amides is 2. The number of piperidine rings is 1. The van der Waals surface area contributed by atoms with Gasteiger partial charge < -0.3 is 30.3 Å². The fourth-order valence-electron chi connectivity index (χ4n) is 7.01. The molecule has 3 N–H and O–H groups in total. The Labute approximate surface area is 260 Å². The number of fused-ring (bicyclic) bond motifs is 1. The van der Waals surface area contributed by atoms with Crippen LogP contribution in [0.25, 0.3) is 0 Å². The Bertz CT molecular complexity index is 1420. The van der Waals surface area contributed by atoms with Gasteiger partial charge in [-0.3, -0.25) is 9.69 Å². The van der Waals surface area contributed by atoms with Gasteiger partial charge in [-0.1, -0.05) is 84.9 Å². The number of benzene rings is 3. The molecule has 4 atom stereocenters. The molecule has 0 spiro atoms. The summed E-state index contributed by atoms with van der Waals surface area (Å²) in [7, 11) is 0. The minimum atomic E-state index is -1.33. The molecule has 8 nitrogen and oxygen atoms in total. The third-order valence-electron chi connectivity index (χ3n) is 9.30. The molecule has 0 saturated carbocycles. The van der Waals surface area contributed by atoms with Crippen LogP contribution in [0.1, 0.15) is 61.9 Å². The average molecular weight is 599 g/mol. The molecule has 0 aromatic heterocycles. The highest BCUT2D eigenvalue weighted by Crippen LogP contribution is 2.36. The van der Waals surface area contributed by atoms with Crippen LogP contribution >= 0.6 is 0 Å². The first-order chi connectivity index (χ1) is 21.0. The molecule has 8 heteroatoms. The van der Waals surface area contributed by atoms with Gasteiger partial charge in [0.05, 0.1) is 29.8 Å². The van der Waals surface area contributed by atoms with Gasteiger partial charge in [0.1, 0.15) is 6.09 Å². The summed E-state index contributed by atoms with van der Waals surface area (Å²) in [5.41, 5.74) is 1.80. The number of carbonyl (C=O) groups is 2. The number of carbonyl (C=O) groups excluding carboxylic acids is 2. The topological polar surface area (TPSA) is 116 Å². The quantitative estimate of drug-likeness (QED) is 0.348. The van der Waals surface area contributed by atoms with Crippen molar-refractivity contribution in [2.75, 3.05) is 13.1 Å². The number of nitrogens with one attached hydrogen (secondary N) is 1. The summed E-state index contributed by atoms with van der Waals surface area (Å²) in [5.74, 6) is -0.174. The first-order valence-electron chi connectivity index (χ1n) is 15.6. The van der Waals surface area contributed by atoms with Crippen LogP contribution in [-0.4, -0.2) is 74.4 Å². The molecule has 1 saturated heterocycles. The van der Waals surface area contributed by atoms with E-state index >= 15 is 0 Å². The Kier molecular flexibility index (Phi) is 9.44. The lowest BCUT2D eigenvalue weighted by Crippen LogP contribution is -2.67. The first-order valence-corrected chi connectivity index (χ1v) is 15.6. The van der Waals surface area contributed by atoms with Crippen molar-refractivity contribution in [1.82, 2.24) is 15.1 Å². The molecule has 0 radical (unpaired) electrons. The zero-order valence-electron chi connectivity index (χ0n) is 25.9. The summed E-state index contributed by atoms with van der Waals surface area (Å²) in [6, 6.07) is 25.5. The largest absolute Gasteiger partial charge is 0.530 e. The van der Waals surface area contributed by atoms with Crippen molar-refractivity contribution in [3.8, 4) is 0 Å². The molecule has 44 heavy (non-hydrogen) atoms. The number of hydrogen-bond acceptors (Lipinski definition) is 6. The fraction of sp³-hybridized carbons (Fsp3) is 0.444. The molecule has 0 bridgehead atoms. The number of nitrogens with zero attached hydrogens (tertiary/aromatic N) is 2. The highest BCUT2D eigenvalue weighted by atomic mass is 16.4. The van der Waals surface area contributed by atoms with Crippen LogP contribution in [0.15, 0.2) is 84.9 Å². The molecule has 234 valence electrons. The Balaban J connectivity index is 1.39. The van der Waals surface area contributed by atoms with Crippen LogP contribution in [0.4, 0.5) is 4.79 Å². The van der Waals surface area contributed by atoms with Crippen LogP contribution in [0.5, 0.6) is 0 Å². The van der Waals surface area contributed by atoms with Crippen LogP contribution in [0, 0.1) is 0 Å². The van der Waals surface area contributed by atoms with E-state index in [9.17, 15) is 24.9 Å². The Hall–Kier alpha value is -3.72. The van der Waals surface area contributed by atoms with Crippen molar-refractivity contribution in [1.29, 1.82) is 0 Å². The molecule has 3 aromatic carbocycles. The Morgan fingerprint density at radius 2 is 1.48 bits per heavy atom. The standard InChI is InChI=1S/C36H45N3O5/c1-35(2,3)39(34(42)43)31(23-26-14-8-5-9-15-26)36(44)18-20-38(21-19-36)29(22-25-12-6-4-7-13-25)33(41)37-32-28-17-11-10-16-27(28)24-30(32)40/h4-17,29-32,40,44H,18-24H2,1-3H3,(H,37,41)(H,42,43)/p-1/t29-,30+,31-,32-/m0/s1. The van der Waals surface area contributed by atoms with Gasteiger partial charge in [-0.25, -0.2) is 0 Å². The molecular weight excluding hydrogens is 554 g/mol. The van der Waals surface area contributed by atoms with E-state index < -0.39 is 41.5 Å². The highest BCUT2D eigenvalue weighted by Gasteiger charge is 2.47. The first kappa shape index (κ1) is 31.7. The summed E-state index contributed by atoms with van der Waals surface area (Å²) in [5, 5.41) is 38.7. The summed E-state index contributed by atoms with van der Waals surface area (Å²) >= 11 is 0. The van der Waals surface area contributed by atoms with Gasteiger partial charge in [-0.15, -0.1) is 0 Å². The number of likely N-dealkylation sites (tertiary alicyclic amines) is 1. The monoisotopic (exact) mass is 598 g/mol. The number of rotatable bonds is 9.